The molecule has 8 heteroatoms. The van der Waals surface area contributed by atoms with Crippen molar-refractivity contribution >= 4 is 11.8 Å². The Bertz CT molecular complexity index is 673. The Kier molecular flexibility index (Phi) is 3.91. The molecule has 0 bridgehead atoms. The predicted molar refractivity (Wildman–Crippen MR) is 69.0 cm³/mol. The molecule has 0 unspecified atom stereocenters. The number of aromatic nitrogens is 4. The summed E-state index contributed by atoms with van der Waals surface area (Å²) in [4.78, 5) is 19.1. The SMILES string of the molecule is CCOC(=O)Cn1cc(-c2ncnc(N)c2C#N)cn1. The molecule has 0 saturated heterocycles. The van der Waals surface area contributed by atoms with E-state index in [0.717, 1.165) is 0 Å². The van der Waals surface area contributed by atoms with E-state index >= 15 is 0 Å². The summed E-state index contributed by atoms with van der Waals surface area (Å²) in [6.07, 6.45) is 4.37. The summed E-state index contributed by atoms with van der Waals surface area (Å²) in [6.45, 7) is 2.04. The number of rotatable bonds is 4. The van der Waals surface area contributed by atoms with Crippen LogP contribution in [0.25, 0.3) is 11.3 Å². The van der Waals surface area contributed by atoms with Crippen molar-refractivity contribution in [2.45, 2.75) is 13.5 Å². The topological polar surface area (TPSA) is 120 Å². The van der Waals surface area contributed by atoms with Crippen molar-refractivity contribution in [2.24, 2.45) is 0 Å². The summed E-state index contributed by atoms with van der Waals surface area (Å²) in [7, 11) is 0. The van der Waals surface area contributed by atoms with Crippen LogP contribution in [0.3, 0.4) is 0 Å². The third-order valence-corrected chi connectivity index (χ3v) is 2.49. The monoisotopic (exact) mass is 272 g/mol. The Morgan fingerprint density at radius 3 is 3.05 bits per heavy atom. The Labute approximate surface area is 114 Å². The fourth-order valence-corrected chi connectivity index (χ4v) is 1.64. The zero-order valence-corrected chi connectivity index (χ0v) is 10.8. The van der Waals surface area contributed by atoms with Crippen molar-refractivity contribution in [3.05, 3.63) is 24.3 Å². The van der Waals surface area contributed by atoms with Crippen LogP contribution in [0.2, 0.25) is 0 Å². The van der Waals surface area contributed by atoms with Crippen molar-refractivity contribution in [3.8, 4) is 17.3 Å². The number of hydrogen-bond acceptors (Lipinski definition) is 7. The van der Waals surface area contributed by atoms with Crippen molar-refractivity contribution in [1.29, 1.82) is 5.26 Å². The summed E-state index contributed by atoms with van der Waals surface area (Å²) in [5.74, 6) is -0.277. The van der Waals surface area contributed by atoms with Gasteiger partial charge < -0.3 is 10.5 Å². The van der Waals surface area contributed by atoms with Gasteiger partial charge in [0.05, 0.1) is 18.5 Å². The third-order valence-electron chi connectivity index (χ3n) is 2.49. The molecule has 0 aliphatic rings. The van der Waals surface area contributed by atoms with Crippen LogP contribution in [0.5, 0.6) is 0 Å². The Balaban J connectivity index is 2.28. The van der Waals surface area contributed by atoms with Gasteiger partial charge in [0.25, 0.3) is 0 Å². The van der Waals surface area contributed by atoms with Gasteiger partial charge in [0.1, 0.15) is 30.3 Å². The molecule has 20 heavy (non-hydrogen) atoms. The van der Waals surface area contributed by atoms with E-state index in [9.17, 15) is 4.79 Å². The highest BCUT2D eigenvalue weighted by Gasteiger charge is 2.13. The van der Waals surface area contributed by atoms with E-state index in [1.165, 1.54) is 17.2 Å². The predicted octanol–water partition coefficient (Wildman–Crippen LogP) is 0.357. The highest BCUT2D eigenvalue weighted by molar-refractivity contribution is 5.71. The molecule has 2 heterocycles. The first kappa shape index (κ1) is 13.5. The van der Waals surface area contributed by atoms with E-state index < -0.39 is 0 Å². The van der Waals surface area contributed by atoms with Gasteiger partial charge in [-0.1, -0.05) is 0 Å². The number of hydrogen-bond donors (Lipinski definition) is 1. The molecular weight excluding hydrogens is 260 g/mol. The van der Waals surface area contributed by atoms with E-state index in [1.807, 2.05) is 6.07 Å². The second-order valence-electron chi connectivity index (χ2n) is 3.83. The summed E-state index contributed by atoms with van der Waals surface area (Å²) < 4.78 is 6.24. The number of nitrogen functional groups attached to an aromatic ring is 1. The summed E-state index contributed by atoms with van der Waals surface area (Å²) in [5, 5.41) is 13.1. The zero-order valence-electron chi connectivity index (χ0n) is 10.8. The number of carbonyl (C=O) groups excluding carboxylic acids is 1. The first-order chi connectivity index (χ1) is 9.65. The number of nitrogens with zero attached hydrogens (tertiary/aromatic N) is 5. The third kappa shape index (κ3) is 2.72. The standard InChI is InChI=1S/C12H12N6O2/c1-2-20-10(19)6-18-5-8(4-17-18)11-9(3-13)12(14)16-7-15-11/h4-5,7H,2,6H2,1H3,(H2,14,15,16). The number of carbonyl (C=O) groups is 1. The van der Waals surface area contributed by atoms with Gasteiger partial charge in [-0.3, -0.25) is 9.48 Å². The second kappa shape index (κ2) is 5.79. The summed E-state index contributed by atoms with van der Waals surface area (Å²) >= 11 is 0. The molecule has 2 aromatic rings. The molecule has 102 valence electrons. The van der Waals surface area contributed by atoms with Gasteiger partial charge in [0.2, 0.25) is 0 Å². The van der Waals surface area contributed by atoms with Crippen molar-refractivity contribution in [2.75, 3.05) is 12.3 Å². The quantitative estimate of drug-likeness (QED) is 0.797. The van der Waals surface area contributed by atoms with Gasteiger partial charge in [0, 0.05) is 11.8 Å². The van der Waals surface area contributed by atoms with E-state index in [1.54, 1.807) is 13.1 Å². The molecule has 2 rings (SSSR count). The molecule has 0 atom stereocenters. The summed E-state index contributed by atoms with van der Waals surface area (Å²) in [6, 6.07) is 1.95. The van der Waals surface area contributed by atoms with Crippen LogP contribution in [-0.4, -0.2) is 32.3 Å². The number of nitrogens with two attached hydrogens (primary N) is 1. The van der Waals surface area contributed by atoms with E-state index in [0.29, 0.717) is 17.9 Å². The molecule has 0 amide bonds. The molecule has 8 nitrogen and oxygen atoms in total. The van der Waals surface area contributed by atoms with Crippen LogP contribution >= 0.6 is 0 Å². The van der Waals surface area contributed by atoms with Gasteiger partial charge in [-0.15, -0.1) is 0 Å². The second-order valence-corrected chi connectivity index (χ2v) is 3.83. The Morgan fingerprint density at radius 1 is 1.55 bits per heavy atom. The van der Waals surface area contributed by atoms with E-state index in [2.05, 4.69) is 15.1 Å². The van der Waals surface area contributed by atoms with Crippen LogP contribution in [0.15, 0.2) is 18.7 Å². The lowest BCUT2D eigenvalue weighted by Crippen LogP contribution is -2.13. The number of nitriles is 1. The molecule has 0 saturated carbocycles. The summed E-state index contributed by atoms with van der Waals surface area (Å²) in [5.41, 5.74) is 6.77. The van der Waals surface area contributed by atoms with Gasteiger partial charge in [0.15, 0.2) is 0 Å². The lowest BCUT2D eigenvalue weighted by molar-refractivity contribution is -0.144. The van der Waals surface area contributed by atoms with Crippen molar-refractivity contribution < 1.29 is 9.53 Å². The molecule has 0 aliphatic heterocycles. The smallest absolute Gasteiger partial charge is 0.327 e. The largest absolute Gasteiger partial charge is 0.465 e. The van der Waals surface area contributed by atoms with Crippen LogP contribution in [0.1, 0.15) is 12.5 Å². The maximum Gasteiger partial charge on any atom is 0.327 e. The molecule has 0 radical (unpaired) electrons. The van der Waals surface area contributed by atoms with Crippen LogP contribution in [0.4, 0.5) is 5.82 Å². The number of esters is 1. The van der Waals surface area contributed by atoms with Gasteiger partial charge >= 0.3 is 5.97 Å². The lowest BCUT2D eigenvalue weighted by Gasteiger charge is -2.02. The van der Waals surface area contributed by atoms with Gasteiger partial charge in [-0.2, -0.15) is 10.4 Å². The van der Waals surface area contributed by atoms with Crippen LogP contribution < -0.4 is 5.73 Å². The fraction of sp³-hybridized carbons (Fsp3) is 0.250. The Morgan fingerprint density at radius 2 is 2.35 bits per heavy atom. The van der Waals surface area contributed by atoms with E-state index in [-0.39, 0.29) is 23.9 Å². The molecule has 0 fully saturated rings. The number of ether oxygens (including phenoxy) is 1. The maximum atomic E-state index is 11.4. The normalized spacial score (nSPS) is 10.0. The van der Waals surface area contributed by atoms with E-state index in [4.69, 9.17) is 15.7 Å². The first-order valence-electron chi connectivity index (χ1n) is 5.84. The van der Waals surface area contributed by atoms with Crippen LogP contribution in [-0.2, 0) is 16.1 Å². The highest BCUT2D eigenvalue weighted by Crippen LogP contribution is 2.22. The van der Waals surface area contributed by atoms with Gasteiger partial charge in [-0.25, -0.2) is 9.97 Å². The van der Waals surface area contributed by atoms with Crippen molar-refractivity contribution in [1.82, 2.24) is 19.7 Å². The average Bonchev–Trinajstić information content (AvgIpc) is 2.87. The van der Waals surface area contributed by atoms with Crippen LogP contribution in [0, 0.1) is 11.3 Å². The number of anilines is 1. The molecular formula is C12H12N6O2. The van der Waals surface area contributed by atoms with Gasteiger partial charge in [-0.05, 0) is 6.92 Å². The molecule has 2 N–H and O–H groups in total. The van der Waals surface area contributed by atoms with Crippen molar-refractivity contribution in [3.63, 3.8) is 0 Å². The highest BCUT2D eigenvalue weighted by atomic mass is 16.5. The minimum Gasteiger partial charge on any atom is -0.465 e. The molecule has 0 aromatic carbocycles. The lowest BCUT2D eigenvalue weighted by atomic mass is 10.1. The Hall–Kier alpha value is -2.95. The average molecular weight is 272 g/mol. The minimum absolute atomic E-state index is 0.00368. The first-order valence-corrected chi connectivity index (χ1v) is 5.84. The maximum absolute atomic E-state index is 11.4. The molecule has 0 spiro atoms. The molecule has 2 aromatic heterocycles. The zero-order chi connectivity index (χ0) is 14.5. The minimum atomic E-state index is -0.384. The molecule has 0 aliphatic carbocycles. The fourth-order valence-electron chi connectivity index (χ4n) is 1.64.